The number of hydrogen-bond donors (Lipinski definition) is 1. The van der Waals surface area contributed by atoms with Crippen LogP contribution in [0.2, 0.25) is 0 Å². The van der Waals surface area contributed by atoms with Crippen molar-refractivity contribution < 1.29 is 19.1 Å². The maximum absolute atomic E-state index is 12.0. The number of hydrogen-bond acceptors (Lipinski definition) is 5. The number of piperidine rings is 1. The van der Waals surface area contributed by atoms with Crippen LogP contribution in [0.4, 0.5) is 4.79 Å². The minimum absolute atomic E-state index is 0.204. The molecule has 0 radical (unpaired) electrons. The van der Waals surface area contributed by atoms with Gasteiger partial charge in [-0.05, 0) is 46.5 Å². The van der Waals surface area contributed by atoms with Crippen molar-refractivity contribution in [3.8, 4) is 0 Å². The highest BCUT2D eigenvalue weighted by Crippen LogP contribution is 2.23. The van der Waals surface area contributed by atoms with Crippen molar-refractivity contribution in [1.82, 2.24) is 4.90 Å². The van der Waals surface area contributed by atoms with Gasteiger partial charge in [-0.2, -0.15) is 0 Å². The minimum Gasteiger partial charge on any atom is -0.466 e. The summed E-state index contributed by atoms with van der Waals surface area (Å²) in [7, 11) is 0. The van der Waals surface area contributed by atoms with Crippen LogP contribution in [-0.4, -0.2) is 48.3 Å². The van der Waals surface area contributed by atoms with Gasteiger partial charge in [-0.15, -0.1) is 0 Å². The molecule has 1 aliphatic rings. The van der Waals surface area contributed by atoms with Crippen LogP contribution in [0.25, 0.3) is 0 Å². The molecule has 1 saturated heterocycles. The first-order valence-electron chi connectivity index (χ1n) is 7.62. The van der Waals surface area contributed by atoms with Crippen molar-refractivity contribution in [2.24, 2.45) is 11.7 Å². The van der Waals surface area contributed by atoms with E-state index >= 15 is 0 Å². The standard InChI is InChI=1S/C15H28N2O4/c1-5-20-13(18)10-12(16)11-6-8-17(9-7-11)14(19)21-15(2,3)4/h11-12H,5-10,16H2,1-4H3/t12-/m0/s1. The summed E-state index contributed by atoms with van der Waals surface area (Å²) in [6.07, 6.45) is 1.55. The molecule has 0 spiro atoms. The van der Waals surface area contributed by atoms with E-state index in [4.69, 9.17) is 15.2 Å². The van der Waals surface area contributed by atoms with Crippen molar-refractivity contribution in [2.45, 2.75) is 58.6 Å². The molecule has 0 bridgehead atoms. The van der Waals surface area contributed by atoms with Gasteiger partial charge in [0.15, 0.2) is 0 Å². The van der Waals surface area contributed by atoms with Gasteiger partial charge in [-0.1, -0.05) is 0 Å². The second-order valence-corrected chi connectivity index (χ2v) is 6.48. The number of carbonyl (C=O) groups is 2. The monoisotopic (exact) mass is 300 g/mol. The molecule has 0 aromatic carbocycles. The lowest BCUT2D eigenvalue weighted by Crippen LogP contribution is -2.45. The average molecular weight is 300 g/mol. The van der Waals surface area contributed by atoms with Gasteiger partial charge in [-0.3, -0.25) is 4.79 Å². The zero-order chi connectivity index (χ0) is 16.0. The van der Waals surface area contributed by atoms with E-state index in [0.29, 0.717) is 19.7 Å². The molecular formula is C15H28N2O4. The molecule has 2 N–H and O–H groups in total. The molecule has 122 valence electrons. The number of ether oxygens (including phenoxy) is 2. The Morgan fingerprint density at radius 3 is 2.33 bits per heavy atom. The Morgan fingerprint density at radius 1 is 1.29 bits per heavy atom. The Morgan fingerprint density at radius 2 is 1.86 bits per heavy atom. The van der Waals surface area contributed by atoms with Crippen LogP contribution in [0.5, 0.6) is 0 Å². The van der Waals surface area contributed by atoms with E-state index in [2.05, 4.69) is 0 Å². The molecule has 1 rings (SSSR count). The summed E-state index contributed by atoms with van der Waals surface area (Å²) >= 11 is 0. The van der Waals surface area contributed by atoms with E-state index in [1.54, 1.807) is 11.8 Å². The highest BCUT2D eigenvalue weighted by Gasteiger charge is 2.30. The number of nitrogens with two attached hydrogens (primary N) is 1. The van der Waals surface area contributed by atoms with Crippen LogP contribution < -0.4 is 5.73 Å². The van der Waals surface area contributed by atoms with Gasteiger partial charge in [0, 0.05) is 19.1 Å². The predicted molar refractivity (Wildman–Crippen MR) is 79.8 cm³/mol. The maximum atomic E-state index is 12.0. The van der Waals surface area contributed by atoms with Gasteiger partial charge in [0.2, 0.25) is 0 Å². The lowest BCUT2D eigenvalue weighted by Gasteiger charge is -2.35. The van der Waals surface area contributed by atoms with E-state index in [9.17, 15) is 9.59 Å². The highest BCUT2D eigenvalue weighted by atomic mass is 16.6. The molecule has 0 aromatic rings. The second kappa shape index (κ2) is 7.64. The highest BCUT2D eigenvalue weighted by molar-refractivity contribution is 5.70. The Labute approximate surface area is 126 Å². The molecule has 0 unspecified atom stereocenters. The third-order valence-electron chi connectivity index (χ3n) is 3.50. The third-order valence-corrected chi connectivity index (χ3v) is 3.50. The van der Waals surface area contributed by atoms with Crippen molar-refractivity contribution in [3.63, 3.8) is 0 Å². The molecule has 21 heavy (non-hydrogen) atoms. The summed E-state index contributed by atoms with van der Waals surface area (Å²) in [6, 6.07) is -0.204. The fraction of sp³-hybridized carbons (Fsp3) is 0.867. The van der Waals surface area contributed by atoms with E-state index < -0.39 is 5.60 Å². The van der Waals surface area contributed by atoms with E-state index in [1.165, 1.54) is 0 Å². The van der Waals surface area contributed by atoms with Crippen LogP contribution in [0, 0.1) is 5.92 Å². The van der Waals surface area contributed by atoms with Gasteiger partial charge in [-0.25, -0.2) is 4.79 Å². The fourth-order valence-corrected chi connectivity index (χ4v) is 2.42. The first-order chi connectivity index (χ1) is 9.73. The topological polar surface area (TPSA) is 81.9 Å². The summed E-state index contributed by atoms with van der Waals surface area (Å²) in [5, 5.41) is 0. The zero-order valence-electron chi connectivity index (χ0n) is 13.6. The molecule has 6 nitrogen and oxygen atoms in total. The summed E-state index contributed by atoms with van der Waals surface area (Å²) in [5.74, 6) is -0.00679. The van der Waals surface area contributed by atoms with Gasteiger partial charge in [0.25, 0.3) is 0 Å². The van der Waals surface area contributed by atoms with Gasteiger partial charge in [0.05, 0.1) is 13.0 Å². The summed E-state index contributed by atoms with van der Waals surface area (Å²) in [4.78, 5) is 25.1. The second-order valence-electron chi connectivity index (χ2n) is 6.48. The van der Waals surface area contributed by atoms with E-state index in [0.717, 1.165) is 12.8 Å². The number of rotatable bonds is 4. The van der Waals surface area contributed by atoms with Crippen molar-refractivity contribution in [1.29, 1.82) is 0 Å². The van der Waals surface area contributed by atoms with Crippen LogP contribution in [-0.2, 0) is 14.3 Å². The Balaban J connectivity index is 2.38. The van der Waals surface area contributed by atoms with Gasteiger partial charge in [0.1, 0.15) is 5.60 Å². The summed E-state index contributed by atoms with van der Waals surface area (Å²) in [5.41, 5.74) is 5.59. The number of amides is 1. The molecule has 6 heteroatoms. The SMILES string of the molecule is CCOC(=O)C[C@H](N)C1CCN(C(=O)OC(C)(C)C)CC1. The molecule has 1 atom stereocenters. The number of nitrogens with zero attached hydrogens (tertiary/aromatic N) is 1. The largest absolute Gasteiger partial charge is 0.466 e. The number of esters is 1. The lowest BCUT2D eigenvalue weighted by molar-refractivity contribution is -0.143. The maximum Gasteiger partial charge on any atom is 0.410 e. The van der Waals surface area contributed by atoms with Crippen molar-refractivity contribution in [2.75, 3.05) is 19.7 Å². The molecular weight excluding hydrogens is 272 g/mol. The zero-order valence-corrected chi connectivity index (χ0v) is 13.6. The molecule has 1 fully saturated rings. The third kappa shape index (κ3) is 6.33. The summed E-state index contributed by atoms with van der Waals surface area (Å²) in [6.45, 7) is 8.96. The minimum atomic E-state index is -0.478. The molecule has 1 aliphatic heterocycles. The van der Waals surface area contributed by atoms with Gasteiger partial charge >= 0.3 is 12.1 Å². The van der Waals surface area contributed by atoms with E-state index in [1.807, 2.05) is 20.8 Å². The number of carbonyl (C=O) groups excluding carboxylic acids is 2. The first-order valence-corrected chi connectivity index (χ1v) is 7.62. The number of likely N-dealkylation sites (tertiary alicyclic amines) is 1. The van der Waals surface area contributed by atoms with Crippen molar-refractivity contribution in [3.05, 3.63) is 0 Å². The van der Waals surface area contributed by atoms with Crippen LogP contribution >= 0.6 is 0 Å². The Kier molecular flexibility index (Phi) is 6.45. The average Bonchev–Trinajstić information content (AvgIpc) is 2.37. The van der Waals surface area contributed by atoms with Crippen LogP contribution in [0.15, 0.2) is 0 Å². The molecule has 0 aliphatic carbocycles. The Bertz CT molecular complexity index is 357. The smallest absolute Gasteiger partial charge is 0.410 e. The van der Waals surface area contributed by atoms with Crippen LogP contribution in [0.3, 0.4) is 0 Å². The normalized spacial score (nSPS) is 18.2. The lowest BCUT2D eigenvalue weighted by atomic mass is 9.88. The molecule has 1 amide bonds. The van der Waals surface area contributed by atoms with Crippen molar-refractivity contribution >= 4 is 12.1 Å². The quantitative estimate of drug-likeness (QED) is 0.802. The predicted octanol–water partition coefficient (Wildman–Crippen LogP) is 1.91. The van der Waals surface area contributed by atoms with E-state index in [-0.39, 0.29) is 30.4 Å². The summed E-state index contributed by atoms with van der Waals surface area (Å²) < 4.78 is 10.3. The van der Waals surface area contributed by atoms with Crippen LogP contribution in [0.1, 0.15) is 47.0 Å². The fourth-order valence-electron chi connectivity index (χ4n) is 2.42. The molecule has 0 saturated carbocycles. The van der Waals surface area contributed by atoms with Gasteiger partial charge < -0.3 is 20.1 Å². The molecule has 0 aromatic heterocycles. The first kappa shape index (κ1) is 17.8. The molecule has 1 heterocycles. The Hall–Kier alpha value is -1.30.